The molecule has 1 atom stereocenters. The fourth-order valence-corrected chi connectivity index (χ4v) is 2.45. The molecule has 118 valence electrons. The predicted molar refractivity (Wildman–Crippen MR) is 87.2 cm³/mol. The molecule has 0 heterocycles. The monoisotopic (exact) mass is 332 g/mol. The molecule has 0 aliphatic carbocycles. The number of carbonyl (C=O) groups excluding carboxylic acids is 1. The highest BCUT2D eigenvalue weighted by molar-refractivity contribution is 6.35. The van der Waals surface area contributed by atoms with Gasteiger partial charge in [0.2, 0.25) is 0 Å². The first-order valence-corrected chi connectivity index (χ1v) is 7.68. The Kier molecular flexibility index (Phi) is 7.29. The minimum atomic E-state index is -0.608. The van der Waals surface area contributed by atoms with Gasteiger partial charge in [0.25, 0.3) is 5.91 Å². The average Bonchev–Trinajstić information content (AvgIpc) is 2.41. The van der Waals surface area contributed by atoms with Crippen LogP contribution in [0, 0.1) is 0 Å². The summed E-state index contributed by atoms with van der Waals surface area (Å²) in [6.45, 7) is 5.27. The van der Waals surface area contributed by atoms with Crippen molar-refractivity contribution in [2.75, 3.05) is 20.6 Å². The largest absolute Gasteiger partial charge is 0.479 e. The molecule has 6 heteroatoms. The maximum absolute atomic E-state index is 11.9. The van der Waals surface area contributed by atoms with Crippen molar-refractivity contribution in [2.45, 2.75) is 32.9 Å². The SMILES string of the molecule is CCCNCc1cc(Cl)cc(Cl)c1OC(C)C(=O)N(C)C. The number of hydrogen-bond acceptors (Lipinski definition) is 3. The minimum absolute atomic E-state index is 0.117. The van der Waals surface area contributed by atoms with E-state index in [9.17, 15) is 4.79 Å². The summed E-state index contributed by atoms with van der Waals surface area (Å²) in [4.78, 5) is 13.4. The number of nitrogens with one attached hydrogen (secondary N) is 1. The molecule has 0 fully saturated rings. The Hall–Kier alpha value is -0.970. The summed E-state index contributed by atoms with van der Waals surface area (Å²) in [6, 6.07) is 3.42. The van der Waals surface area contributed by atoms with Crippen molar-refractivity contribution >= 4 is 29.1 Å². The number of nitrogens with zero attached hydrogens (tertiary/aromatic N) is 1. The first kappa shape index (κ1) is 18.1. The second-order valence-corrected chi connectivity index (χ2v) is 5.89. The molecule has 1 N–H and O–H groups in total. The van der Waals surface area contributed by atoms with Crippen molar-refractivity contribution in [3.05, 3.63) is 27.7 Å². The maximum Gasteiger partial charge on any atom is 0.262 e. The van der Waals surface area contributed by atoms with E-state index in [0.717, 1.165) is 18.5 Å². The highest BCUT2D eigenvalue weighted by atomic mass is 35.5. The van der Waals surface area contributed by atoms with E-state index in [4.69, 9.17) is 27.9 Å². The molecule has 1 rings (SSSR count). The summed E-state index contributed by atoms with van der Waals surface area (Å²) in [6.07, 6.45) is 0.420. The molecule has 0 saturated heterocycles. The fraction of sp³-hybridized carbons (Fsp3) is 0.533. The van der Waals surface area contributed by atoms with Gasteiger partial charge in [-0.1, -0.05) is 30.1 Å². The van der Waals surface area contributed by atoms with Crippen molar-refractivity contribution in [2.24, 2.45) is 0 Å². The molecule has 0 radical (unpaired) electrons. The van der Waals surface area contributed by atoms with E-state index >= 15 is 0 Å². The zero-order valence-corrected chi connectivity index (χ0v) is 14.4. The van der Waals surface area contributed by atoms with E-state index in [1.807, 2.05) is 0 Å². The van der Waals surface area contributed by atoms with Crippen molar-refractivity contribution in [1.29, 1.82) is 0 Å². The van der Waals surface area contributed by atoms with E-state index in [2.05, 4.69) is 12.2 Å². The second-order valence-electron chi connectivity index (χ2n) is 5.05. The summed E-state index contributed by atoms with van der Waals surface area (Å²) >= 11 is 12.3. The smallest absolute Gasteiger partial charge is 0.262 e. The van der Waals surface area contributed by atoms with E-state index < -0.39 is 6.10 Å². The standard InChI is InChI=1S/C15H22Cl2N2O2/c1-5-6-18-9-11-7-12(16)8-13(17)14(11)21-10(2)15(20)19(3)4/h7-8,10,18H,5-6,9H2,1-4H3. The van der Waals surface area contributed by atoms with Gasteiger partial charge in [-0.3, -0.25) is 4.79 Å². The van der Waals surface area contributed by atoms with Crippen LogP contribution in [0.1, 0.15) is 25.8 Å². The van der Waals surface area contributed by atoms with Crippen molar-refractivity contribution in [3.63, 3.8) is 0 Å². The first-order chi connectivity index (χ1) is 9.86. The molecule has 0 saturated carbocycles. The summed E-state index contributed by atoms with van der Waals surface area (Å²) in [7, 11) is 3.38. The van der Waals surface area contributed by atoms with Gasteiger partial charge in [-0.2, -0.15) is 0 Å². The Morgan fingerprint density at radius 1 is 1.38 bits per heavy atom. The third kappa shape index (κ3) is 5.38. The first-order valence-electron chi connectivity index (χ1n) is 6.93. The number of ether oxygens (including phenoxy) is 1. The lowest BCUT2D eigenvalue weighted by atomic mass is 10.2. The summed E-state index contributed by atoms with van der Waals surface area (Å²) in [5.74, 6) is 0.390. The number of carbonyl (C=O) groups is 1. The number of hydrogen-bond donors (Lipinski definition) is 1. The Morgan fingerprint density at radius 3 is 2.62 bits per heavy atom. The Morgan fingerprint density at radius 2 is 2.05 bits per heavy atom. The van der Waals surface area contributed by atoms with Gasteiger partial charge >= 0.3 is 0 Å². The van der Waals surface area contributed by atoms with E-state index in [1.165, 1.54) is 4.90 Å². The van der Waals surface area contributed by atoms with Gasteiger partial charge in [-0.05, 0) is 32.0 Å². The molecule has 4 nitrogen and oxygen atoms in total. The molecule has 0 bridgehead atoms. The Bertz CT molecular complexity index is 493. The van der Waals surface area contributed by atoms with Crippen molar-refractivity contribution in [3.8, 4) is 5.75 Å². The molecule has 0 aromatic heterocycles. The van der Waals surface area contributed by atoms with Crippen LogP contribution < -0.4 is 10.1 Å². The quantitative estimate of drug-likeness (QED) is 0.778. The van der Waals surface area contributed by atoms with Crippen LogP contribution in [-0.2, 0) is 11.3 Å². The molecular formula is C15H22Cl2N2O2. The topological polar surface area (TPSA) is 41.6 Å². The lowest BCUT2D eigenvalue weighted by Crippen LogP contribution is -2.35. The van der Waals surface area contributed by atoms with E-state index in [-0.39, 0.29) is 5.91 Å². The summed E-state index contributed by atoms with van der Waals surface area (Å²) < 4.78 is 5.76. The van der Waals surface area contributed by atoms with Crippen LogP contribution in [0.4, 0.5) is 0 Å². The third-order valence-corrected chi connectivity index (χ3v) is 3.41. The highest BCUT2D eigenvalue weighted by Crippen LogP contribution is 2.33. The molecule has 1 aromatic rings. The van der Waals surface area contributed by atoms with Gasteiger partial charge in [0.1, 0.15) is 5.75 Å². The lowest BCUT2D eigenvalue weighted by Gasteiger charge is -2.21. The number of likely N-dealkylation sites (N-methyl/N-ethyl adjacent to an activating group) is 1. The van der Waals surface area contributed by atoms with Crippen LogP contribution in [0.2, 0.25) is 10.0 Å². The molecule has 1 aromatic carbocycles. The van der Waals surface area contributed by atoms with Crippen molar-refractivity contribution in [1.82, 2.24) is 10.2 Å². The molecule has 21 heavy (non-hydrogen) atoms. The van der Waals surface area contributed by atoms with Crippen LogP contribution in [0.15, 0.2) is 12.1 Å². The molecule has 1 amide bonds. The fourth-order valence-electron chi connectivity index (χ4n) is 1.87. The van der Waals surface area contributed by atoms with Crippen LogP contribution in [0.5, 0.6) is 5.75 Å². The molecule has 0 spiro atoms. The number of benzene rings is 1. The van der Waals surface area contributed by atoms with Gasteiger partial charge < -0.3 is 15.0 Å². The molecule has 0 aliphatic rings. The molecule has 0 aliphatic heterocycles. The maximum atomic E-state index is 11.9. The lowest BCUT2D eigenvalue weighted by molar-refractivity contribution is -0.135. The number of amides is 1. The van der Waals surface area contributed by atoms with Gasteiger partial charge in [-0.25, -0.2) is 0 Å². The predicted octanol–water partition coefficient (Wildman–Crippen LogP) is 3.35. The van der Waals surface area contributed by atoms with Crippen LogP contribution in [0.25, 0.3) is 0 Å². The molecule has 1 unspecified atom stereocenters. The molecular weight excluding hydrogens is 311 g/mol. The summed E-state index contributed by atoms with van der Waals surface area (Å²) in [5, 5.41) is 4.24. The van der Waals surface area contributed by atoms with E-state index in [1.54, 1.807) is 33.2 Å². The zero-order chi connectivity index (χ0) is 16.0. The third-order valence-electron chi connectivity index (χ3n) is 2.91. The van der Waals surface area contributed by atoms with Crippen LogP contribution in [0.3, 0.4) is 0 Å². The van der Waals surface area contributed by atoms with Gasteiger partial charge in [0, 0.05) is 31.2 Å². The van der Waals surface area contributed by atoms with E-state index in [0.29, 0.717) is 22.3 Å². The summed E-state index contributed by atoms with van der Waals surface area (Å²) in [5.41, 5.74) is 0.847. The highest BCUT2D eigenvalue weighted by Gasteiger charge is 2.20. The normalized spacial score (nSPS) is 12.1. The Labute approximate surface area is 136 Å². The average molecular weight is 333 g/mol. The number of rotatable bonds is 7. The van der Waals surface area contributed by atoms with Crippen LogP contribution >= 0.6 is 23.2 Å². The number of halogens is 2. The Balaban J connectivity index is 2.95. The van der Waals surface area contributed by atoms with Gasteiger partial charge in [-0.15, -0.1) is 0 Å². The minimum Gasteiger partial charge on any atom is -0.479 e. The van der Waals surface area contributed by atoms with Gasteiger partial charge in [0.15, 0.2) is 6.10 Å². The van der Waals surface area contributed by atoms with Crippen molar-refractivity contribution < 1.29 is 9.53 Å². The second kappa shape index (κ2) is 8.47. The van der Waals surface area contributed by atoms with Crippen LogP contribution in [-0.4, -0.2) is 37.6 Å². The van der Waals surface area contributed by atoms with Gasteiger partial charge in [0.05, 0.1) is 5.02 Å². The zero-order valence-electron chi connectivity index (χ0n) is 12.9.